The quantitative estimate of drug-likeness (QED) is 0.643. The summed E-state index contributed by atoms with van der Waals surface area (Å²) in [6.45, 7) is 2.74. The van der Waals surface area contributed by atoms with Crippen molar-refractivity contribution in [2.75, 3.05) is 16.9 Å². The third-order valence-electron chi connectivity index (χ3n) is 2.61. The van der Waals surface area contributed by atoms with Gasteiger partial charge < -0.3 is 10.3 Å². The molecule has 18 heavy (non-hydrogen) atoms. The van der Waals surface area contributed by atoms with Crippen LogP contribution in [0.1, 0.15) is 6.92 Å². The van der Waals surface area contributed by atoms with Crippen molar-refractivity contribution < 1.29 is 4.39 Å². The number of hydrazine groups is 1. The molecule has 0 fully saturated rings. The van der Waals surface area contributed by atoms with Gasteiger partial charge in [0.05, 0.1) is 0 Å². The monoisotopic (exact) mass is 246 g/mol. The molecule has 0 bridgehead atoms. The minimum atomic E-state index is -0.250. The molecule has 0 aliphatic carbocycles. The Labute approximate surface area is 105 Å². The minimum absolute atomic E-state index is 0.250. The fourth-order valence-electron chi connectivity index (χ4n) is 1.75. The Morgan fingerprint density at radius 2 is 1.94 bits per heavy atom. The van der Waals surface area contributed by atoms with E-state index >= 15 is 0 Å². The van der Waals surface area contributed by atoms with E-state index in [1.165, 1.54) is 12.1 Å². The van der Waals surface area contributed by atoms with Crippen molar-refractivity contribution in [1.82, 2.24) is 4.98 Å². The van der Waals surface area contributed by atoms with Crippen molar-refractivity contribution in [3.05, 3.63) is 48.3 Å². The third-order valence-corrected chi connectivity index (χ3v) is 2.61. The molecule has 0 atom stereocenters. The molecule has 3 N–H and O–H groups in total. The first-order valence-corrected chi connectivity index (χ1v) is 5.71. The first kappa shape index (κ1) is 12.3. The van der Waals surface area contributed by atoms with E-state index in [0.717, 1.165) is 18.1 Å². The molecular formula is C13H15FN4. The van der Waals surface area contributed by atoms with E-state index in [1.54, 1.807) is 18.2 Å². The molecule has 0 aliphatic rings. The number of nitrogen functional groups attached to an aromatic ring is 1. The second kappa shape index (κ2) is 5.46. The Bertz CT molecular complexity index is 513. The smallest absolute Gasteiger partial charge is 0.142 e. The van der Waals surface area contributed by atoms with Crippen LogP contribution in [0.2, 0.25) is 0 Å². The predicted octanol–water partition coefficient (Wildman–Crippen LogP) is 2.66. The Balaban J connectivity index is 2.35. The SMILES string of the molecule is CCN(c1ccc(F)cc1)c1cccc(NN)n1. The van der Waals surface area contributed by atoms with Crippen molar-refractivity contribution in [2.45, 2.75) is 6.92 Å². The van der Waals surface area contributed by atoms with Crippen LogP contribution in [0.4, 0.5) is 21.7 Å². The van der Waals surface area contributed by atoms with Crippen LogP contribution >= 0.6 is 0 Å². The number of nitrogens with zero attached hydrogens (tertiary/aromatic N) is 2. The number of aromatic nitrogens is 1. The molecule has 2 rings (SSSR count). The number of nitrogens with one attached hydrogen (secondary N) is 1. The van der Waals surface area contributed by atoms with Gasteiger partial charge in [-0.15, -0.1) is 0 Å². The minimum Gasteiger partial charge on any atom is -0.327 e. The van der Waals surface area contributed by atoms with Crippen LogP contribution in [0.15, 0.2) is 42.5 Å². The van der Waals surface area contributed by atoms with Gasteiger partial charge >= 0.3 is 0 Å². The van der Waals surface area contributed by atoms with Gasteiger partial charge in [-0.25, -0.2) is 15.2 Å². The number of benzene rings is 1. The van der Waals surface area contributed by atoms with Crippen LogP contribution in [-0.4, -0.2) is 11.5 Å². The van der Waals surface area contributed by atoms with Crippen molar-refractivity contribution >= 4 is 17.3 Å². The summed E-state index contributed by atoms with van der Waals surface area (Å²) in [5.41, 5.74) is 3.40. The highest BCUT2D eigenvalue weighted by atomic mass is 19.1. The molecule has 0 spiro atoms. The lowest BCUT2D eigenvalue weighted by atomic mass is 10.2. The molecular weight excluding hydrogens is 231 g/mol. The van der Waals surface area contributed by atoms with Gasteiger partial charge in [-0.2, -0.15) is 0 Å². The first-order valence-electron chi connectivity index (χ1n) is 5.71. The topological polar surface area (TPSA) is 54.2 Å². The highest BCUT2D eigenvalue weighted by molar-refractivity contribution is 5.61. The molecule has 5 heteroatoms. The second-order valence-corrected chi connectivity index (χ2v) is 3.75. The van der Waals surface area contributed by atoms with Crippen LogP contribution in [0.5, 0.6) is 0 Å². The lowest BCUT2D eigenvalue weighted by molar-refractivity contribution is 0.628. The molecule has 1 heterocycles. The summed E-state index contributed by atoms with van der Waals surface area (Å²) in [6.07, 6.45) is 0. The summed E-state index contributed by atoms with van der Waals surface area (Å²) in [5, 5.41) is 0. The van der Waals surface area contributed by atoms with E-state index in [-0.39, 0.29) is 5.82 Å². The maximum Gasteiger partial charge on any atom is 0.142 e. The molecule has 2 aromatic rings. The standard InChI is InChI=1S/C13H15FN4/c1-2-18(11-8-6-10(14)7-9-11)13-5-3-4-12(16-13)17-15/h3-9H,2,15H2,1H3,(H,16,17). The van der Waals surface area contributed by atoms with Gasteiger partial charge in [0.1, 0.15) is 17.5 Å². The summed E-state index contributed by atoms with van der Waals surface area (Å²) in [6, 6.07) is 11.8. The van der Waals surface area contributed by atoms with Crippen molar-refractivity contribution in [3.8, 4) is 0 Å². The molecule has 0 aliphatic heterocycles. The molecule has 0 amide bonds. The zero-order valence-electron chi connectivity index (χ0n) is 10.1. The number of halogens is 1. The summed E-state index contributed by atoms with van der Waals surface area (Å²) >= 11 is 0. The summed E-state index contributed by atoms with van der Waals surface area (Å²) in [5.74, 6) is 6.44. The van der Waals surface area contributed by atoms with Crippen LogP contribution in [0.3, 0.4) is 0 Å². The van der Waals surface area contributed by atoms with E-state index in [4.69, 9.17) is 5.84 Å². The normalized spacial score (nSPS) is 10.2. The van der Waals surface area contributed by atoms with Gasteiger partial charge in [0, 0.05) is 12.2 Å². The van der Waals surface area contributed by atoms with E-state index in [1.807, 2.05) is 24.0 Å². The van der Waals surface area contributed by atoms with Gasteiger partial charge in [-0.05, 0) is 43.3 Å². The summed E-state index contributed by atoms with van der Waals surface area (Å²) in [7, 11) is 0. The number of rotatable bonds is 4. The molecule has 4 nitrogen and oxygen atoms in total. The largest absolute Gasteiger partial charge is 0.327 e. The molecule has 0 saturated heterocycles. The fourth-order valence-corrected chi connectivity index (χ4v) is 1.75. The Hall–Kier alpha value is -2.14. The van der Waals surface area contributed by atoms with Gasteiger partial charge in [-0.1, -0.05) is 6.07 Å². The van der Waals surface area contributed by atoms with Gasteiger partial charge in [-0.3, -0.25) is 0 Å². The predicted molar refractivity (Wildman–Crippen MR) is 71.1 cm³/mol. The second-order valence-electron chi connectivity index (χ2n) is 3.75. The lowest BCUT2D eigenvalue weighted by Crippen LogP contribution is -2.18. The number of pyridine rings is 1. The number of hydrogen-bond acceptors (Lipinski definition) is 4. The van der Waals surface area contributed by atoms with Gasteiger partial charge in [0.15, 0.2) is 0 Å². The van der Waals surface area contributed by atoms with E-state index in [0.29, 0.717) is 5.82 Å². The van der Waals surface area contributed by atoms with Gasteiger partial charge in [0.2, 0.25) is 0 Å². The molecule has 1 aromatic carbocycles. The summed E-state index contributed by atoms with van der Waals surface area (Å²) in [4.78, 5) is 6.33. The fraction of sp³-hybridized carbons (Fsp3) is 0.154. The average Bonchev–Trinajstić information content (AvgIpc) is 2.42. The van der Waals surface area contributed by atoms with E-state index in [2.05, 4.69) is 10.4 Å². The van der Waals surface area contributed by atoms with Crippen LogP contribution in [0.25, 0.3) is 0 Å². The molecule has 0 saturated carbocycles. The van der Waals surface area contributed by atoms with Gasteiger partial charge in [0.25, 0.3) is 0 Å². The lowest BCUT2D eigenvalue weighted by Gasteiger charge is -2.22. The van der Waals surface area contributed by atoms with Crippen molar-refractivity contribution in [3.63, 3.8) is 0 Å². The first-order chi connectivity index (χ1) is 8.74. The van der Waals surface area contributed by atoms with E-state index in [9.17, 15) is 4.39 Å². The Kier molecular flexibility index (Phi) is 3.74. The number of hydrogen-bond donors (Lipinski definition) is 2. The van der Waals surface area contributed by atoms with E-state index < -0.39 is 0 Å². The number of nitrogens with two attached hydrogens (primary N) is 1. The Morgan fingerprint density at radius 1 is 1.22 bits per heavy atom. The zero-order chi connectivity index (χ0) is 13.0. The average molecular weight is 246 g/mol. The highest BCUT2D eigenvalue weighted by Crippen LogP contribution is 2.24. The zero-order valence-corrected chi connectivity index (χ0v) is 10.1. The molecule has 0 unspecified atom stereocenters. The maximum atomic E-state index is 12.9. The highest BCUT2D eigenvalue weighted by Gasteiger charge is 2.08. The maximum absolute atomic E-state index is 12.9. The number of anilines is 3. The van der Waals surface area contributed by atoms with Crippen molar-refractivity contribution in [1.29, 1.82) is 0 Å². The van der Waals surface area contributed by atoms with Crippen LogP contribution in [0, 0.1) is 5.82 Å². The van der Waals surface area contributed by atoms with Crippen LogP contribution in [-0.2, 0) is 0 Å². The van der Waals surface area contributed by atoms with Crippen molar-refractivity contribution in [2.24, 2.45) is 5.84 Å². The molecule has 94 valence electrons. The molecule has 1 aromatic heterocycles. The Morgan fingerprint density at radius 3 is 2.56 bits per heavy atom. The van der Waals surface area contributed by atoms with Crippen LogP contribution < -0.4 is 16.2 Å². The summed E-state index contributed by atoms with van der Waals surface area (Å²) < 4.78 is 12.9. The third kappa shape index (κ3) is 2.57. The molecule has 0 radical (unpaired) electrons.